The number of benzene rings is 3. The number of halogens is 1. The van der Waals surface area contributed by atoms with Gasteiger partial charge < -0.3 is 60.5 Å². The molecule has 79 heavy (non-hydrogen) atoms. The topological polar surface area (TPSA) is 239 Å². The Bertz CT molecular complexity index is 2510. The number of unbranched alkanes of at least 4 members (excludes halogenated alkanes) is 4. The highest BCUT2D eigenvalue weighted by Crippen LogP contribution is 2.32. The largest absolute Gasteiger partial charge is 0.494 e. The first-order valence-corrected chi connectivity index (χ1v) is 27.4. The van der Waals surface area contributed by atoms with Gasteiger partial charge in [0.1, 0.15) is 29.7 Å². The summed E-state index contributed by atoms with van der Waals surface area (Å²) in [6.45, 7) is 13.6. The second-order valence-corrected chi connectivity index (χ2v) is 19.2. The third-order valence-electron chi connectivity index (χ3n) is 13.7. The lowest BCUT2D eigenvalue weighted by molar-refractivity contribution is -0.125. The van der Waals surface area contributed by atoms with Crippen molar-refractivity contribution in [3.63, 3.8) is 0 Å². The number of amidine groups is 2. The summed E-state index contributed by atoms with van der Waals surface area (Å²) in [6.07, 6.45) is 15.4. The first-order valence-electron chi connectivity index (χ1n) is 27.4. The number of amides is 3. The van der Waals surface area contributed by atoms with Gasteiger partial charge in [0.25, 0.3) is 5.91 Å². The number of likely N-dealkylation sites (N-methyl/N-ethyl adjacent to an activating group) is 2. The van der Waals surface area contributed by atoms with Crippen molar-refractivity contribution in [3.8, 4) is 5.75 Å². The van der Waals surface area contributed by atoms with Crippen LogP contribution in [0.1, 0.15) is 116 Å². The number of allylic oxidation sites excluding steroid dienone is 3. The van der Waals surface area contributed by atoms with Gasteiger partial charge in [-0.15, -0.1) is 0 Å². The van der Waals surface area contributed by atoms with Gasteiger partial charge in [-0.3, -0.25) is 24.6 Å². The Morgan fingerprint density at radius 1 is 0.899 bits per heavy atom. The van der Waals surface area contributed by atoms with Crippen molar-refractivity contribution in [2.24, 2.45) is 10.7 Å². The Morgan fingerprint density at radius 2 is 1.56 bits per heavy atom. The predicted molar refractivity (Wildman–Crippen MR) is 310 cm³/mol. The lowest BCUT2D eigenvalue weighted by Crippen LogP contribution is -2.56. The Morgan fingerprint density at radius 3 is 2.20 bits per heavy atom. The first kappa shape index (κ1) is 64.5. The molecule has 3 aromatic rings. The number of carbonyl (C=O) groups is 5. The molecule has 1 heterocycles. The highest BCUT2D eigenvalue weighted by atomic mass is 19.1. The van der Waals surface area contributed by atoms with Gasteiger partial charge in [-0.2, -0.15) is 0 Å². The zero-order valence-electron chi connectivity index (χ0n) is 46.7. The van der Waals surface area contributed by atoms with Crippen LogP contribution in [0.25, 0.3) is 0 Å². The van der Waals surface area contributed by atoms with Crippen LogP contribution in [0.5, 0.6) is 5.75 Å². The zero-order valence-corrected chi connectivity index (χ0v) is 46.7. The molecule has 3 amide bonds. The smallest absolute Gasteiger partial charge is 0.255 e. The Balaban J connectivity index is 1.11. The highest BCUT2D eigenvalue weighted by Gasteiger charge is 2.37. The lowest BCUT2D eigenvalue weighted by atomic mass is 9.86. The number of aldehydes is 2. The van der Waals surface area contributed by atoms with Crippen molar-refractivity contribution in [2.45, 2.75) is 95.6 Å². The number of nitrogens with one attached hydrogen (secondary N) is 5. The normalized spacial score (nSPS) is 14.2. The Labute approximate surface area is 466 Å². The van der Waals surface area contributed by atoms with Crippen LogP contribution in [0.4, 0.5) is 15.8 Å². The van der Waals surface area contributed by atoms with Crippen LogP contribution in [0, 0.1) is 11.2 Å². The van der Waals surface area contributed by atoms with Gasteiger partial charge in [0, 0.05) is 76.1 Å². The quantitative estimate of drug-likeness (QED) is 0.0107. The minimum atomic E-state index is -0.988. The Kier molecular flexibility index (Phi) is 29.5. The molecule has 1 saturated heterocycles. The molecule has 0 aliphatic carbocycles. The fourth-order valence-corrected chi connectivity index (χ4v) is 9.18. The molecular weight excluding hydrogens is 1010 g/mol. The van der Waals surface area contributed by atoms with E-state index in [2.05, 4.69) is 76.2 Å². The number of hydrogen-bond acceptors (Lipinski definition) is 13. The van der Waals surface area contributed by atoms with E-state index >= 15 is 4.39 Å². The predicted octanol–water partition coefficient (Wildman–Crippen LogP) is 7.53. The van der Waals surface area contributed by atoms with E-state index in [1.54, 1.807) is 17.1 Å². The van der Waals surface area contributed by atoms with Crippen LogP contribution in [0.3, 0.4) is 0 Å². The average molecular weight is 1090 g/mol. The van der Waals surface area contributed by atoms with Gasteiger partial charge in [0.2, 0.25) is 12.3 Å². The van der Waals surface area contributed by atoms with Gasteiger partial charge in [-0.1, -0.05) is 68.5 Å². The summed E-state index contributed by atoms with van der Waals surface area (Å²) in [7, 11) is 2.81. The van der Waals surface area contributed by atoms with Gasteiger partial charge in [-0.05, 0) is 119 Å². The summed E-state index contributed by atoms with van der Waals surface area (Å²) in [6, 6.07) is 18.0. The van der Waals surface area contributed by atoms with E-state index in [0.29, 0.717) is 96.0 Å². The number of aliphatic imine (C=N–C) groups is 1. The van der Waals surface area contributed by atoms with E-state index in [1.165, 1.54) is 20.2 Å². The molecule has 0 aromatic heterocycles. The molecule has 3 aromatic carbocycles. The molecule has 1 aliphatic rings. The van der Waals surface area contributed by atoms with Crippen molar-refractivity contribution in [1.29, 1.82) is 5.41 Å². The molecule has 2 atom stereocenters. The van der Waals surface area contributed by atoms with Gasteiger partial charge in [0.05, 0.1) is 49.8 Å². The molecule has 1 unspecified atom stereocenters. The van der Waals surface area contributed by atoms with Crippen LogP contribution in [-0.2, 0) is 28.6 Å². The molecule has 4 rings (SSSR count). The van der Waals surface area contributed by atoms with E-state index in [1.807, 2.05) is 31.2 Å². The summed E-state index contributed by atoms with van der Waals surface area (Å²) < 4.78 is 38.9. The molecule has 430 valence electrons. The second-order valence-electron chi connectivity index (χ2n) is 19.2. The van der Waals surface area contributed by atoms with E-state index in [4.69, 9.17) is 30.1 Å². The molecule has 0 radical (unpaired) electrons. The number of piperidine rings is 1. The maximum atomic E-state index is 15.5. The molecule has 19 heteroatoms. The van der Waals surface area contributed by atoms with Gasteiger partial charge >= 0.3 is 0 Å². The van der Waals surface area contributed by atoms with Crippen LogP contribution in [0.2, 0.25) is 0 Å². The van der Waals surface area contributed by atoms with E-state index in [9.17, 15) is 24.0 Å². The molecule has 0 bridgehead atoms. The molecule has 0 spiro atoms. The third-order valence-corrected chi connectivity index (χ3v) is 13.7. The lowest BCUT2D eigenvalue weighted by Gasteiger charge is -2.39. The van der Waals surface area contributed by atoms with Crippen molar-refractivity contribution in [1.82, 2.24) is 20.9 Å². The standard InChI is InChI=1S/C60H84FN9O9/c1-6-17-46(18-7-2)56(62)67-59(63)60(24-26-65-27-25-60)68-50-21-14-19-47(39-50)45(3)48-20-15-22-51(40-48)79-34-12-9-8-11-32-76-35-37-78-38-36-77-33-13-10-29-70(30-28-66-44-73)55-42-52(49(43-72)41-53(55)61)58(75)69(5)54(23-16-31-71)57(74)64-4/h6-7,14-15,17-22,31,39-45,54,65,68H,1,8-13,16,23-30,32-38H2,2-5H3,(H,64,74)(H,66,73)(H3,62,63,67)/b18-7-,46-17+/t45-,54?/m0/s1. The maximum Gasteiger partial charge on any atom is 0.255 e. The number of ether oxygens (including phenoxy) is 4. The average Bonchev–Trinajstić information content (AvgIpc) is 3.47. The van der Waals surface area contributed by atoms with Crippen LogP contribution < -0.4 is 36.6 Å². The number of rotatable bonds is 39. The van der Waals surface area contributed by atoms with Crippen LogP contribution >= 0.6 is 0 Å². The molecule has 1 aliphatic heterocycles. The summed E-state index contributed by atoms with van der Waals surface area (Å²) in [5.74, 6) is -0.449. The summed E-state index contributed by atoms with van der Waals surface area (Å²) >= 11 is 0. The van der Waals surface area contributed by atoms with Gasteiger partial charge in [0.15, 0.2) is 12.1 Å². The zero-order chi connectivity index (χ0) is 57.3. The van der Waals surface area contributed by atoms with Crippen molar-refractivity contribution < 1.29 is 47.3 Å². The number of nitrogens with two attached hydrogens (primary N) is 1. The number of hydrogen-bond donors (Lipinski definition) is 6. The summed E-state index contributed by atoms with van der Waals surface area (Å²) in [5.41, 5.74) is 9.80. The van der Waals surface area contributed by atoms with E-state index < -0.39 is 29.2 Å². The maximum absolute atomic E-state index is 15.5. The minimum absolute atomic E-state index is 0.0331. The van der Waals surface area contributed by atoms with E-state index in [-0.39, 0.29) is 54.5 Å². The van der Waals surface area contributed by atoms with Crippen LogP contribution in [0.15, 0.2) is 102 Å². The summed E-state index contributed by atoms with van der Waals surface area (Å²) in [4.78, 5) is 67.6. The third kappa shape index (κ3) is 21.3. The molecule has 18 nitrogen and oxygen atoms in total. The van der Waals surface area contributed by atoms with Crippen molar-refractivity contribution in [2.75, 3.05) is 103 Å². The van der Waals surface area contributed by atoms with Gasteiger partial charge in [-0.25, -0.2) is 9.38 Å². The highest BCUT2D eigenvalue weighted by molar-refractivity contribution is 6.09. The van der Waals surface area contributed by atoms with Crippen molar-refractivity contribution >= 4 is 53.8 Å². The number of carbonyl (C=O) groups excluding carboxylic acids is 5. The number of nitrogens with zero attached hydrogens (tertiary/aromatic N) is 3. The molecular formula is C60H84FN9O9. The van der Waals surface area contributed by atoms with Crippen molar-refractivity contribution in [3.05, 3.63) is 125 Å². The minimum Gasteiger partial charge on any atom is -0.494 e. The summed E-state index contributed by atoms with van der Waals surface area (Å²) in [5, 5.41) is 20.9. The molecule has 7 N–H and O–H groups in total. The first-order chi connectivity index (χ1) is 38.4. The van der Waals surface area contributed by atoms with E-state index in [0.717, 1.165) is 85.1 Å². The molecule has 1 fully saturated rings. The SMILES string of the molecule is C=C/C=C(\C=C/C)C(=N)N=C(N)C1(Nc2cccc([C@H](C)c3cccc(OCCCCCCOCCOCCOCCCCN(CCNC=O)c4cc(C(=O)N(C)C(CCC=O)C(=O)NC)c(C=O)cc4F)c3)c2)CCNCC1. The fraction of sp³-hybridized carbons (Fsp3) is 0.483. The number of anilines is 2. The molecule has 0 saturated carbocycles. The fourth-order valence-electron chi connectivity index (χ4n) is 9.18. The van der Waals surface area contributed by atoms with Crippen LogP contribution in [-0.4, -0.2) is 152 Å². The Hall–Kier alpha value is -7.06. The monoisotopic (exact) mass is 1090 g/mol. The second kappa shape index (κ2) is 36.2.